The van der Waals surface area contributed by atoms with E-state index in [1.807, 2.05) is 0 Å². The maximum absolute atomic E-state index is 12.0. The standard InChI is InChI=1S/C7H7BrF3NS/c8-6-2-1-4(13-6)3-5(12)7(9,10)11/h1-2,5H,3,12H2. The van der Waals surface area contributed by atoms with E-state index in [2.05, 4.69) is 15.9 Å². The minimum atomic E-state index is -4.31. The van der Waals surface area contributed by atoms with Gasteiger partial charge in [-0.25, -0.2) is 0 Å². The molecule has 0 saturated heterocycles. The lowest BCUT2D eigenvalue weighted by Gasteiger charge is -2.13. The fourth-order valence-electron chi connectivity index (χ4n) is 0.794. The first kappa shape index (κ1) is 11.0. The van der Waals surface area contributed by atoms with E-state index >= 15 is 0 Å². The van der Waals surface area contributed by atoms with Gasteiger partial charge in [-0.05, 0) is 28.1 Å². The highest BCUT2D eigenvalue weighted by Crippen LogP contribution is 2.27. The molecule has 13 heavy (non-hydrogen) atoms. The number of alkyl halides is 3. The quantitative estimate of drug-likeness (QED) is 0.881. The molecule has 0 aliphatic rings. The zero-order chi connectivity index (χ0) is 10.1. The minimum absolute atomic E-state index is 0.153. The smallest absolute Gasteiger partial charge is 0.320 e. The average molecular weight is 274 g/mol. The van der Waals surface area contributed by atoms with Crippen LogP contribution in [0.2, 0.25) is 0 Å². The number of nitrogens with two attached hydrogens (primary N) is 1. The third kappa shape index (κ3) is 3.28. The first-order valence-corrected chi connectivity index (χ1v) is 5.07. The second-order valence-corrected chi connectivity index (χ2v) is 5.11. The maximum Gasteiger partial charge on any atom is 0.403 e. The van der Waals surface area contributed by atoms with Crippen molar-refractivity contribution >= 4 is 27.3 Å². The lowest BCUT2D eigenvalue weighted by molar-refractivity contribution is -0.147. The van der Waals surface area contributed by atoms with Crippen LogP contribution in [-0.2, 0) is 6.42 Å². The zero-order valence-electron chi connectivity index (χ0n) is 6.44. The average Bonchev–Trinajstić information content (AvgIpc) is 2.33. The van der Waals surface area contributed by atoms with Gasteiger partial charge < -0.3 is 5.73 Å². The lowest BCUT2D eigenvalue weighted by atomic mass is 10.2. The molecule has 0 saturated carbocycles. The lowest BCUT2D eigenvalue weighted by Crippen LogP contribution is -2.38. The first-order chi connectivity index (χ1) is 5.89. The Kier molecular flexibility index (Phi) is 3.37. The second kappa shape index (κ2) is 3.98. The Hall–Kier alpha value is -0.0700. The van der Waals surface area contributed by atoms with E-state index in [1.54, 1.807) is 12.1 Å². The molecule has 1 rings (SSSR count). The first-order valence-electron chi connectivity index (χ1n) is 3.46. The summed E-state index contributed by atoms with van der Waals surface area (Å²) >= 11 is 4.44. The van der Waals surface area contributed by atoms with Crippen LogP contribution < -0.4 is 5.73 Å². The van der Waals surface area contributed by atoms with Crippen LogP contribution in [0.4, 0.5) is 13.2 Å². The molecule has 74 valence electrons. The molecule has 1 heterocycles. The summed E-state index contributed by atoms with van der Waals surface area (Å²) in [6.07, 6.45) is -4.46. The molecule has 1 nitrogen and oxygen atoms in total. The van der Waals surface area contributed by atoms with Crippen LogP contribution in [0.5, 0.6) is 0 Å². The molecule has 6 heteroatoms. The summed E-state index contributed by atoms with van der Waals surface area (Å²) in [5.41, 5.74) is 4.96. The van der Waals surface area contributed by atoms with Crippen molar-refractivity contribution in [2.45, 2.75) is 18.6 Å². The molecule has 0 bridgehead atoms. The van der Waals surface area contributed by atoms with E-state index in [0.717, 1.165) is 3.79 Å². The summed E-state index contributed by atoms with van der Waals surface area (Å²) in [4.78, 5) is 0.636. The van der Waals surface area contributed by atoms with Crippen molar-refractivity contribution in [2.24, 2.45) is 5.73 Å². The van der Waals surface area contributed by atoms with E-state index < -0.39 is 12.2 Å². The van der Waals surface area contributed by atoms with Crippen LogP contribution in [0.3, 0.4) is 0 Å². The Bertz CT molecular complexity index is 284. The highest BCUT2D eigenvalue weighted by molar-refractivity contribution is 9.11. The van der Waals surface area contributed by atoms with Crippen molar-refractivity contribution in [3.63, 3.8) is 0 Å². The van der Waals surface area contributed by atoms with Crippen molar-refractivity contribution in [3.8, 4) is 0 Å². The van der Waals surface area contributed by atoms with Crippen LogP contribution in [0.25, 0.3) is 0 Å². The van der Waals surface area contributed by atoms with Gasteiger partial charge in [-0.3, -0.25) is 0 Å². The van der Waals surface area contributed by atoms with Crippen LogP contribution in [0.15, 0.2) is 15.9 Å². The molecule has 2 N–H and O–H groups in total. The van der Waals surface area contributed by atoms with E-state index in [4.69, 9.17) is 5.73 Å². The molecule has 0 amide bonds. The largest absolute Gasteiger partial charge is 0.403 e. The number of rotatable bonds is 2. The van der Waals surface area contributed by atoms with Crippen LogP contribution in [0.1, 0.15) is 4.88 Å². The van der Waals surface area contributed by atoms with Crippen molar-refractivity contribution in [3.05, 3.63) is 20.8 Å². The Balaban J connectivity index is 2.60. The Morgan fingerprint density at radius 2 is 2.08 bits per heavy atom. The molecule has 0 aliphatic heterocycles. The molecule has 1 aromatic heterocycles. The fourth-order valence-corrected chi connectivity index (χ4v) is 2.34. The van der Waals surface area contributed by atoms with Crippen molar-refractivity contribution in [1.29, 1.82) is 0 Å². The number of hydrogen-bond acceptors (Lipinski definition) is 2. The summed E-state index contributed by atoms with van der Waals surface area (Å²) < 4.78 is 36.8. The number of hydrogen-bond donors (Lipinski definition) is 1. The number of halogens is 4. The predicted molar refractivity (Wildman–Crippen MR) is 49.8 cm³/mol. The van der Waals surface area contributed by atoms with E-state index in [9.17, 15) is 13.2 Å². The van der Waals surface area contributed by atoms with Gasteiger partial charge in [0, 0.05) is 11.3 Å². The van der Waals surface area contributed by atoms with Gasteiger partial charge in [-0.1, -0.05) is 0 Å². The number of thiophene rings is 1. The molecular formula is C7H7BrF3NS. The monoisotopic (exact) mass is 273 g/mol. The van der Waals surface area contributed by atoms with Gasteiger partial charge in [0.05, 0.1) is 3.79 Å². The topological polar surface area (TPSA) is 26.0 Å². The molecule has 0 aromatic carbocycles. The molecule has 0 aliphatic carbocycles. The van der Waals surface area contributed by atoms with Crippen LogP contribution in [-0.4, -0.2) is 12.2 Å². The molecule has 1 unspecified atom stereocenters. The third-order valence-electron chi connectivity index (χ3n) is 1.47. The Morgan fingerprint density at radius 1 is 1.46 bits per heavy atom. The van der Waals surface area contributed by atoms with Gasteiger partial charge in [0.2, 0.25) is 0 Å². The van der Waals surface area contributed by atoms with Crippen LogP contribution >= 0.6 is 27.3 Å². The SMILES string of the molecule is NC(Cc1ccc(Br)s1)C(F)(F)F. The normalized spacial score (nSPS) is 14.5. The molecular weight excluding hydrogens is 267 g/mol. The Morgan fingerprint density at radius 3 is 2.46 bits per heavy atom. The van der Waals surface area contributed by atoms with Crippen LogP contribution in [0, 0.1) is 0 Å². The summed E-state index contributed by atoms with van der Waals surface area (Å²) in [6, 6.07) is 1.58. The Labute approximate surface area is 85.9 Å². The zero-order valence-corrected chi connectivity index (χ0v) is 8.84. The summed E-state index contributed by atoms with van der Waals surface area (Å²) in [7, 11) is 0. The van der Waals surface area contributed by atoms with Gasteiger partial charge in [0.25, 0.3) is 0 Å². The van der Waals surface area contributed by atoms with Gasteiger partial charge >= 0.3 is 6.18 Å². The van der Waals surface area contributed by atoms with Crippen molar-refractivity contribution in [1.82, 2.24) is 0 Å². The molecule has 1 atom stereocenters. The van der Waals surface area contributed by atoms with E-state index in [-0.39, 0.29) is 6.42 Å². The van der Waals surface area contributed by atoms with Gasteiger partial charge in [-0.15, -0.1) is 11.3 Å². The summed E-state index contributed by atoms with van der Waals surface area (Å²) in [5.74, 6) is 0. The van der Waals surface area contributed by atoms with Crippen molar-refractivity contribution in [2.75, 3.05) is 0 Å². The van der Waals surface area contributed by atoms with Gasteiger partial charge in [0.15, 0.2) is 0 Å². The maximum atomic E-state index is 12.0. The van der Waals surface area contributed by atoms with E-state index in [0.29, 0.717) is 4.88 Å². The van der Waals surface area contributed by atoms with Crippen molar-refractivity contribution < 1.29 is 13.2 Å². The summed E-state index contributed by atoms with van der Waals surface area (Å²) in [5, 5.41) is 0. The second-order valence-electron chi connectivity index (χ2n) is 2.56. The van der Waals surface area contributed by atoms with E-state index in [1.165, 1.54) is 11.3 Å². The minimum Gasteiger partial charge on any atom is -0.320 e. The third-order valence-corrected chi connectivity index (χ3v) is 3.12. The van der Waals surface area contributed by atoms with Gasteiger partial charge in [-0.2, -0.15) is 13.2 Å². The molecule has 0 radical (unpaired) electrons. The summed E-state index contributed by atoms with van der Waals surface area (Å²) in [6.45, 7) is 0. The molecule has 1 aromatic rings. The molecule has 0 fully saturated rings. The highest BCUT2D eigenvalue weighted by Gasteiger charge is 2.36. The predicted octanol–water partition coefficient (Wildman–Crippen LogP) is 2.94. The fraction of sp³-hybridized carbons (Fsp3) is 0.429. The highest BCUT2D eigenvalue weighted by atomic mass is 79.9. The molecule has 0 spiro atoms. The van der Waals surface area contributed by atoms with Gasteiger partial charge in [0.1, 0.15) is 6.04 Å².